The van der Waals surface area contributed by atoms with E-state index in [4.69, 9.17) is 20.6 Å². The monoisotopic (exact) mass is 302 g/mol. The second-order valence-corrected chi connectivity index (χ2v) is 7.90. The maximum Gasteiger partial charge on any atom is 0.456 e. The molecule has 0 saturated heterocycles. The highest BCUT2D eigenvalue weighted by Crippen LogP contribution is 2.38. The van der Waals surface area contributed by atoms with Crippen LogP contribution in [-0.2, 0) is 19.1 Å². The summed E-state index contributed by atoms with van der Waals surface area (Å²) in [6, 6.07) is -1.21. The zero-order valence-electron chi connectivity index (χ0n) is 10.1. The summed E-state index contributed by atoms with van der Waals surface area (Å²) in [5.41, 5.74) is 5.26. The van der Waals surface area contributed by atoms with Gasteiger partial charge in [-0.2, -0.15) is 0 Å². The van der Waals surface area contributed by atoms with Crippen molar-refractivity contribution in [1.82, 2.24) is 0 Å². The molecular formula is C8H19N2O6PS. The normalized spacial score (nSPS) is 16.9. The van der Waals surface area contributed by atoms with Crippen LogP contribution in [0.15, 0.2) is 4.13 Å². The Morgan fingerprint density at radius 1 is 1.44 bits per heavy atom. The predicted octanol–water partition coefficient (Wildman–Crippen LogP) is 0.149. The Morgan fingerprint density at radius 3 is 2.39 bits per heavy atom. The molecule has 108 valence electrons. The smallest absolute Gasteiger partial charge is 0.456 e. The summed E-state index contributed by atoms with van der Waals surface area (Å²) in [7, 11) is -7.87. The zero-order chi connectivity index (χ0) is 14.4. The maximum absolute atomic E-state index is 12.2. The average Bonchev–Trinajstić information content (AvgIpc) is 2.20. The first-order chi connectivity index (χ1) is 8.09. The Hall–Kier alpha value is -0.470. The number of nitrogens with zero attached hydrogens (tertiary/aromatic N) is 1. The highest BCUT2D eigenvalue weighted by atomic mass is 32.2. The number of aliphatic carboxylic acids is 1. The minimum absolute atomic E-state index is 0.0287. The van der Waals surface area contributed by atoms with E-state index >= 15 is 0 Å². The van der Waals surface area contributed by atoms with Gasteiger partial charge >= 0.3 is 13.7 Å². The Balaban J connectivity index is 4.91. The van der Waals surface area contributed by atoms with E-state index in [1.165, 1.54) is 0 Å². The number of hydrogen-bond donors (Lipinski definition) is 4. The van der Waals surface area contributed by atoms with Crippen LogP contribution in [0, 0.1) is 0 Å². The summed E-state index contributed by atoms with van der Waals surface area (Å²) in [6.07, 6.45) is 1.05. The van der Waals surface area contributed by atoms with Gasteiger partial charge in [-0.15, -0.1) is 4.13 Å². The number of nitrogens with two attached hydrogens (primary N) is 1. The zero-order valence-corrected chi connectivity index (χ0v) is 11.8. The SMILES string of the molecule is CCCC[S@](=O)(CC[C@H](N)C(=O)O)=NP(=O)(O)O. The van der Waals surface area contributed by atoms with Gasteiger partial charge in [0.25, 0.3) is 0 Å². The molecule has 10 heteroatoms. The number of hydrogen-bond acceptors (Lipinski definition) is 4. The first-order valence-corrected chi connectivity index (χ1v) is 8.79. The number of carboxylic acids is 1. The molecule has 0 heterocycles. The van der Waals surface area contributed by atoms with Crippen LogP contribution in [0.3, 0.4) is 0 Å². The minimum Gasteiger partial charge on any atom is -0.480 e. The van der Waals surface area contributed by atoms with Crippen molar-refractivity contribution >= 4 is 23.4 Å². The van der Waals surface area contributed by atoms with E-state index in [-0.39, 0.29) is 17.9 Å². The lowest BCUT2D eigenvalue weighted by molar-refractivity contribution is -0.138. The van der Waals surface area contributed by atoms with Crippen LogP contribution in [0.1, 0.15) is 26.2 Å². The van der Waals surface area contributed by atoms with Crippen molar-refractivity contribution < 1.29 is 28.5 Å². The quantitative estimate of drug-likeness (QED) is 0.466. The van der Waals surface area contributed by atoms with Crippen molar-refractivity contribution in [2.75, 3.05) is 11.5 Å². The first kappa shape index (κ1) is 17.5. The van der Waals surface area contributed by atoms with Crippen LogP contribution in [0.4, 0.5) is 0 Å². The molecule has 2 atom stereocenters. The molecule has 0 aliphatic carbocycles. The van der Waals surface area contributed by atoms with Crippen molar-refractivity contribution in [2.45, 2.75) is 32.2 Å². The fourth-order valence-electron chi connectivity index (χ4n) is 1.18. The van der Waals surface area contributed by atoms with E-state index < -0.39 is 29.5 Å². The molecule has 0 rings (SSSR count). The Kier molecular flexibility index (Phi) is 7.01. The average molecular weight is 302 g/mol. The van der Waals surface area contributed by atoms with Gasteiger partial charge in [0.05, 0.1) is 9.73 Å². The molecule has 0 amide bonds. The van der Waals surface area contributed by atoms with Crippen LogP contribution in [0.25, 0.3) is 0 Å². The fourth-order valence-corrected chi connectivity index (χ4v) is 4.95. The molecule has 0 unspecified atom stereocenters. The van der Waals surface area contributed by atoms with E-state index in [1.54, 1.807) is 0 Å². The second kappa shape index (κ2) is 7.20. The van der Waals surface area contributed by atoms with Gasteiger partial charge in [0.2, 0.25) is 0 Å². The third-order valence-corrected chi connectivity index (χ3v) is 5.98. The maximum atomic E-state index is 12.2. The molecule has 0 aromatic rings. The van der Waals surface area contributed by atoms with E-state index in [1.807, 2.05) is 6.92 Å². The molecule has 0 radical (unpaired) electrons. The molecule has 0 saturated carbocycles. The standard InChI is InChI=1S/C8H19N2O6PS/c1-2-3-5-18(16,10-17(13,14)15)6-4-7(9)8(11)12/h7H,2-6,9H2,1H3,(H,11,12)(H2,13,14,15)/t7-,18-/m0/s1. The van der Waals surface area contributed by atoms with Gasteiger partial charge in [-0.1, -0.05) is 13.3 Å². The van der Waals surface area contributed by atoms with Crippen molar-refractivity contribution in [3.63, 3.8) is 0 Å². The van der Waals surface area contributed by atoms with E-state index in [2.05, 4.69) is 4.13 Å². The van der Waals surface area contributed by atoms with Crippen molar-refractivity contribution in [3.05, 3.63) is 0 Å². The van der Waals surface area contributed by atoms with Gasteiger partial charge in [0, 0.05) is 11.5 Å². The summed E-state index contributed by atoms with van der Waals surface area (Å²) < 4.78 is 26.0. The largest absolute Gasteiger partial charge is 0.480 e. The Morgan fingerprint density at radius 2 is 2.00 bits per heavy atom. The highest BCUT2D eigenvalue weighted by molar-refractivity contribution is 7.96. The number of unbranched alkanes of at least 4 members (excludes halogenated alkanes) is 1. The van der Waals surface area contributed by atoms with Crippen LogP contribution >= 0.6 is 7.75 Å². The molecule has 8 nitrogen and oxygen atoms in total. The van der Waals surface area contributed by atoms with Crippen LogP contribution < -0.4 is 5.73 Å². The van der Waals surface area contributed by atoms with Gasteiger partial charge < -0.3 is 20.6 Å². The van der Waals surface area contributed by atoms with E-state index in [9.17, 15) is 13.6 Å². The van der Waals surface area contributed by atoms with Crippen LogP contribution in [-0.4, -0.2) is 42.6 Å². The van der Waals surface area contributed by atoms with Gasteiger partial charge in [0.15, 0.2) is 0 Å². The summed E-state index contributed by atoms with van der Waals surface area (Å²) in [6.45, 7) is 1.83. The minimum atomic E-state index is -4.75. The Bertz CT molecular complexity index is 439. The summed E-state index contributed by atoms with van der Waals surface area (Å²) in [4.78, 5) is 28.0. The van der Waals surface area contributed by atoms with E-state index in [0.29, 0.717) is 12.8 Å². The Labute approximate surface area is 106 Å². The fraction of sp³-hybridized carbons (Fsp3) is 0.875. The number of rotatable bonds is 8. The van der Waals surface area contributed by atoms with E-state index in [0.717, 1.165) is 0 Å². The van der Waals surface area contributed by atoms with Crippen molar-refractivity contribution in [1.29, 1.82) is 0 Å². The molecule has 18 heavy (non-hydrogen) atoms. The molecule has 0 spiro atoms. The topological polar surface area (TPSA) is 150 Å². The van der Waals surface area contributed by atoms with Gasteiger partial charge in [-0.05, 0) is 12.8 Å². The molecule has 0 aliphatic heterocycles. The number of carbonyl (C=O) groups is 1. The molecule has 0 fully saturated rings. The number of carboxylic acid groups (broad SMARTS) is 1. The lowest BCUT2D eigenvalue weighted by Gasteiger charge is -2.12. The van der Waals surface area contributed by atoms with Crippen molar-refractivity contribution in [2.24, 2.45) is 9.87 Å². The summed E-state index contributed by atoms with van der Waals surface area (Å²) >= 11 is 0. The lowest BCUT2D eigenvalue weighted by atomic mass is 10.2. The molecular weight excluding hydrogens is 283 g/mol. The summed E-state index contributed by atoms with van der Waals surface area (Å²) in [5.74, 6) is -1.45. The van der Waals surface area contributed by atoms with Crippen LogP contribution in [0.5, 0.6) is 0 Å². The van der Waals surface area contributed by atoms with Gasteiger partial charge in [0.1, 0.15) is 6.04 Å². The molecule has 5 N–H and O–H groups in total. The van der Waals surface area contributed by atoms with Gasteiger partial charge in [-0.25, -0.2) is 8.77 Å². The predicted molar refractivity (Wildman–Crippen MR) is 67.5 cm³/mol. The third-order valence-electron chi connectivity index (χ3n) is 2.14. The molecule has 0 bridgehead atoms. The first-order valence-electron chi connectivity index (χ1n) is 5.37. The van der Waals surface area contributed by atoms with Crippen LogP contribution in [0.2, 0.25) is 0 Å². The lowest BCUT2D eigenvalue weighted by Crippen LogP contribution is -2.32. The van der Waals surface area contributed by atoms with Gasteiger partial charge in [-0.3, -0.25) is 4.79 Å². The molecule has 0 aromatic carbocycles. The second-order valence-electron chi connectivity index (χ2n) is 3.86. The third kappa shape index (κ3) is 7.78. The molecule has 0 aromatic heterocycles. The summed E-state index contributed by atoms with van der Waals surface area (Å²) in [5, 5.41) is 8.59. The molecule has 0 aliphatic rings. The van der Waals surface area contributed by atoms with Crippen molar-refractivity contribution in [3.8, 4) is 0 Å². The highest BCUT2D eigenvalue weighted by Gasteiger charge is 2.21.